The van der Waals surface area contributed by atoms with Gasteiger partial charge in [0.05, 0.1) is 23.8 Å². The molecule has 7 heteroatoms. The van der Waals surface area contributed by atoms with Gasteiger partial charge in [-0.15, -0.1) is 0 Å². The molecule has 0 aromatic carbocycles. The number of carbonyl (C=O) groups is 1. The molecule has 0 aliphatic heterocycles. The Morgan fingerprint density at radius 1 is 1.47 bits per heavy atom. The topological polar surface area (TPSA) is 74.0 Å². The van der Waals surface area contributed by atoms with Crippen LogP contribution in [0, 0.1) is 6.92 Å². The molecule has 0 saturated carbocycles. The Hall–Kier alpha value is -2.15. The third-order valence-electron chi connectivity index (χ3n) is 2.52. The van der Waals surface area contributed by atoms with Crippen LogP contribution < -0.4 is 5.32 Å². The lowest BCUT2D eigenvalue weighted by Gasteiger charge is -2.03. The van der Waals surface area contributed by atoms with E-state index < -0.39 is 0 Å². The summed E-state index contributed by atoms with van der Waals surface area (Å²) in [5.74, 6) is -0.0647. The van der Waals surface area contributed by atoms with E-state index >= 15 is 0 Å². The first-order valence-corrected chi connectivity index (χ1v) is 5.98. The van der Waals surface area contributed by atoms with Crippen molar-refractivity contribution >= 4 is 11.6 Å². The average molecular weight is 263 g/mol. The standard InChI is InChI=1S/C12H17N5O2/c1-10-3-5-16(15-10)6-4-12(18)14-11-7-13-17(8-11)9-19-2/h3,5,7-8H,4,6,9H2,1-2H3,(H,14,18). The van der Waals surface area contributed by atoms with Crippen LogP contribution in [0.4, 0.5) is 5.69 Å². The van der Waals surface area contributed by atoms with Crippen LogP contribution in [0.3, 0.4) is 0 Å². The van der Waals surface area contributed by atoms with Gasteiger partial charge in [-0.05, 0) is 13.0 Å². The van der Waals surface area contributed by atoms with Crippen molar-refractivity contribution in [1.29, 1.82) is 0 Å². The van der Waals surface area contributed by atoms with Crippen molar-refractivity contribution in [1.82, 2.24) is 19.6 Å². The molecule has 0 aliphatic rings. The van der Waals surface area contributed by atoms with Gasteiger partial charge in [-0.1, -0.05) is 0 Å². The van der Waals surface area contributed by atoms with E-state index in [-0.39, 0.29) is 5.91 Å². The van der Waals surface area contributed by atoms with Crippen molar-refractivity contribution in [3.63, 3.8) is 0 Å². The Bertz CT molecular complexity index is 546. The Morgan fingerprint density at radius 3 is 3.00 bits per heavy atom. The van der Waals surface area contributed by atoms with Gasteiger partial charge in [0, 0.05) is 26.3 Å². The maximum Gasteiger partial charge on any atom is 0.226 e. The van der Waals surface area contributed by atoms with Gasteiger partial charge >= 0.3 is 0 Å². The Balaban J connectivity index is 1.80. The number of methoxy groups -OCH3 is 1. The van der Waals surface area contributed by atoms with Crippen molar-refractivity contribution in [2.75, 3.05) is 12.4 Å². The molecule has 2 rings (SSSR count). The van der Waals surface area contributed by atoms with Crippen LogP contribution >= 0.6 is 0 Å². The number of amides is 1. The number of rotatable bonds is 6. The summed E-state index contributed by atoms with van der Waals surface area (Å²) in [6.45, 7) is 2.84. The summed E-state index contributed by atoms with van der Waals surface area (Å²) in [6, 6.07) is 1.91. The van der Waals surface area contributed by atoms with Crippen LogP contribution in [0.2, 0.25) is 0 Å². The lowest BCUT2D eigenvalue weighted by molar-refractivity contribution is -0.116. The molecular formula is C12H17N5O2. The van der Waals surface area contributed by atoms with E-state index in [1.54, 1.807) is 28.9 Å². The number of hydrogen-bond acceptors (Lipinski definition) is 4. The lowest BCUT2D eigenvalue weighted by atomic mass is 10.4. The van der Waals surface area contributed by atoms with Crippen LogP contribution in [0.25, 0.3) is 0 Å². The molecule has 0 atom stereocenters. The largest absolute Gasteiger partial charge is 0.362 e. The third-order valence-corrected chi connectivity index (χ3v) is 2.52. The van der Waals surface area contributed by atoms with Crippen LogP contribution in [0.1, 0.15) is 12.1 Å². The summed E-state index contributed by atoms with van der Waals surface area (Å²) in [7, 11) is 1.59. The number of carbonyl (C=O) groups excluding carboxylic acids is 1. The summed E-state index contributed by atoms with van der Waals surface area (Å²) < 4.78 is 8.29. The highest BCUT2D eigenvalue weighted by Gasteiger charge is 2.05. The number of anilines is 1. The van der Waals surface area contributed by atoms with E-state index in [2.05, 4.69) is 15.5 Å². The van der Waals surface area contributed by atoms with E-state index in [0.717, 1.165) is 5.69 Å². The second-order valence-electron chi connectivity index (χ2n) is 4.20. The molecule has 2 heterocycles. The number of aryl methyl sites for hydroxylation is 2. The average Bonchev–Trinajstić information content (AvgIpc) is 2.97. The molecule has 0 saturated heterocycles. The zero-order valence-electron chi connectivity index (χ0n) is 11.0. The monoisotopic (exact) mass is 263 g/mol. The van der Waals surface area contributed by atoms with E-state index in [4.69, 9.17) is 4.74 Å². The summed E-state index contributed by atoms with van der Waals surface area (Å²) in [6.07, 6.45) is 5.55. The highest BCUT2D eigenvalue weighted by atomic mass is 16.5. The van der Waals surface area contributed by atoms with E-state index in [9.17, 15) is 4.79 Å². The number of nitrogens with zero attached hydrogens (tertiary/aromatic N) is 4. The molecule has 0 unspecified atom stereocenters. The van der Waals surface area contributed by atoms with Crippen molar-refractivity contribution < 1.29 is 9.53 Å². The SMILES string of the molecule is COCn1cc(NC(=O)CCn2ccc(C)n2)cn1. The van der Waals surface area contributed by atoms with Gasteiger partial charge in [0.1, 0.15) is 6.73 Å². The molecule has 1 amide bonds. The fourth-order valence-corrected chi connectivity index (χ4v) is 1.66. The number of ether oxygens (including phenoxy) is 1. The third kappa shape index (κ3) is 3.92. The van der Waals surface area contributed by atoms with Crippen LogP contribution in [-0.4, -0.2) is 32.6 Å². The molecule has 0 fully saturated rings. The molecule has 19 heavy (non-hydrogen) atoms. The molecule has 2 aromatic rings. The van der Waals surface area contributed by atoms with Gasteiger partial charge in [0.25, 0.3) is 0 Å². The highest BCUT2D eigenvalue weighted by molar-refractivity contribution is 5.90. The maximum absolute atomic E-state index is 11.7. The molecule has 0 radical (unpaired) electrons. The second kappa shape index (κ2) is 6.14. The normalized spacial score (nSPS) is 10.6. The minimum absolute atomic E-state index is 0.0647. The molecule has 0 spiro atoms. The first-order chi connectivity index (χ1) is 9.17. The van der Waals surface area contributed by atoms with Crippen LogP contribution in [0.15, 0.2) is 24.7 Å². The van der Waals surface area contributed by atoms with E-state index in [1.807, 2.05) is 19.2 Å². The molecule has 2 aromatic heterocycles. The first-order valence-electron chi connectivity index (χ1n) is 5.98. The van der Waals surface area contributed by atoms with Gasteiger partial charge in [0.2, 0.25) is 5.91 Å². The molecule has 7 nitrogen and oxygen atoms in total. The van der Waals surface area contributed by atoms with Gasteiger partial charge in [-0.3, -0.25) is 9.48 Å². The minimum Gasteiger partial charge on any atom is -0.362 e. The predicted molar refractivity (Wildman–Crippen MR) is 69.4 cm³/mol. The molecule has 102 valence electrons. The van der Waals surface area contributed by atoms with E-state index in [0.29, 0.717) is 25.4 Å². The molecule has 1 N–H and O–H groups in total. The summed E-state index contributed by atoms with van der Waals surface area (Å²) in [4.78, 5) is 11.7. The smallest absolute Gasteiger partial charge is 0.226 e. The molecular weight excluding hydrogens is 246 g/mol. The summed E-state index contributed by atoms with van der Waals surface area (Å²) in [5, 5.41) is 11.0. The van der Waals surface area contributed by atoms with Crippen molar-refractivity contribution in [2.45, 2.75) is 26.6 Å². The zero-order chi connectivity index (χ0) is 13.7. The van der Waals surface area contributed by atoms with Gasteiger partial charge in [-0.25, -0.2) is 4.68 Å². The quantitative estimate of drug-likeness (QED) is 0.844. The predicted octanol–water partition coefficient (Wildman–Crippen LogP) is 1.02. The van der Waals surface area contributed by atoms with Crippen molar-refractivity contribution in [2.24, 2.45) is 0 Å². The summed E-state index contributed by atoms with van der Waals surface area (Å²) >= 11 is 0. The fraction of sp³-hybridized carbons (Fsp3) is 0.417. The van der Waals surface area contributed by atoms with Crippen molar-refractivity contribution in [3.8, 4) is 0 Å². The second-order valence-corrected chi connectivity index (χ2v) is 4.20. The van der Waals surface area contributed by atoms with Gasteiger partial charge in [-0.2, -0.15) is 10.2 Å². The minimum atomic E-state index is -0.0647. The van der Waals surface area contributed by atoms with Gasteiger partial charge in [0.15, 0.2) is 0 Å². The molecule has 0 bridgehead atoms. The summed E-state index contributed by atoms with van der Waals surface area (Å²) in [5.41, 5.74) is 1.61. The zero-order valence-corrected chi connectivity index (χ0v) is 11.0. The van der Waals surface area contributed by atoms with E-state index in [1.165, 1.54) is 0 Å². The van der Waals surface area contributed by atoms with Crippen LogP contribution in [0.5, 0.6) is 0 Å². The Labute approximate surface area is 111 Å². The van der Waals surface area contributed by atoms with Crippen molar-refractivity contribution in [3.05, 3.63) is 30.4 Å². The first kappa shape index (κ1) is 13.3. The fourth-order valence-electron chi connectivity index (χ4n) is 1.66. The maximum atomic E-state index is 11.7. The Morgan fingerprint density at radius 2 is 2.32 bits per heavy atom. The van der Waals surface area contributed by atoms with Crippen LogP contribution in [-0.2, 0) is 22.8 Å². The Kier molecular flexibility index (Phi) is 4.30. The number of aromatic nitrogens is 4. The highest BCUT2D eigenvalue weighted by Crippen LogP contribution is 2.05. The molecule has 0 aliphatic carbocycles. The number of hydrogen-bond donors (Lipinski definition) is 1. The number of nitrogens with one attached hydrogen (secondary N) is 1. The lowest BCUT2D eigenvalue weighted by Crippen LogP contribution is -2.14. The van der Waals surface area contributed by atoms with Gasteiger partial charge < -0.3 is 10.1 Å².